The van der Waals surface area contributed by atoms with Crippen LogP contribution in [0.1, 0.15) is 34.2 Å². The Morgan fingerprint density at radius 3 is 2.75 bits per heavy atom. The molecule has 4 rings (SSSR count). The van der Waals surface area contributed by atoms with Gasteiger partial charge in [0.2, 0.25) is 5.91 Å². The molecular weight excluding hydrogens is 298 g/mol. The van der Waals surface area contributed by atoms with Gasteiger partial charge in [-0.25, -0.2) is 0 Å². The van der Waals surface area contributed by atoms with Crippen LogP contribution in [0.25, 0.3) is 11.0 Å². The molecule has 24 heavy (non-hydrogen) atoms. The topological polar surface area (TPSA) is 42.2 Å². The van der Waals surface area contributed by atoms with Gasteiger partial charge in [-0.3, -0.25) is 4.79 Å². The number of nitrogens with one attached hydrogen (secondary N) is 1. The van der Waals surface area contributed by atoms with Crippen molar-refractivity contribution in [3.05, 3.63) is 64.4 Å². The second-order valence-corrected chi connectivity index (χ2v) is 6.76. The van der Waals surface area contributed by atoms with Crippen LogP contribution in [0.2, 0.25) is 0 Å². The molecule has 1 aliphatic rings. The SMILES string of the molecule is Cc1cc2occ(CC(=O)Nc3ccc4c(c3)CCC4)c2cc1C. The molecule has 122 valence electrons. The van der Waals surface area contributed by atoms with Gasteiger partial charge < -0.3 is 9.73 Å². The fourth-order valence-corrected chi connectivity index (χ4v) is 3.50. The van der Waals surface area contributed by atoms with E-state index in [4.69, 9.17) is 4.42 Å². The van der Waals surface area contributed by atoms with E-state index in [1.54, 1.807) is 6.26 Å². The molecule has 1 aromatic heterocycles. The molecule has 0 bridgehead atoms. The minimum Gasteiger partial charge on any atom is -0.464 e. The van der Waals surface area contributed by atoms with E-state index in [2.05, 4.69) is 37.4 Å². The van der Waals surface area contributed by atoms with Crippen molar-refractivity contribution < 1.29 is 9.21 Å². The van der Waals surface area contributed by atoms with Gasteiger partial charge in [-0.1, -0.05) is 6.07 Å². The summed E-state index contributed by atoms with van der Waals surface area (Å²) in [4.78, 5) is 12.4. The first-order valence-corrected chi connectivity index (χ1v) is 8.49. The van der Waals surface area contributed by atoms with Gasteiger partial charge >= 0.3 is 0 Å². The average molecular weight is 319 g/mol. The number of carbonyl (C=O) groups is 1. The van der Waals surface area contributed by atoms with E-state index in [9.17, 15) is 4.79 Å². The first-order chi connectivity index (χ1) is 11.6. The molecule has 3 nitrogen and oxygen atoms in total. The Morgan fingerprint density at radius 1 is 1.08 bits per heavy atom. The van der Waals surface area contributed by atoms with Crippen molar-refractivity contribution in [2.45, 2.75) is 39.5 Å². The lowest BCUT2D eigenvalue weighted by molar-refractivity contribution is -0.115. The lowest BCUT2D eigenvalue weighted by Crippen LogP contribution is -2.14. The summed E-state index contributed by atoms with van der Waals surface area (Å²) in [5, 5.41) is 4.05. The van der Waals surface area contributed by atoms with Crippen molar-refractivity contribution in [2.24, 2.45) is 0 Å². The summed E-state index contributed by atoms with van der Waals surface area (Å²) in [5.41, 5.74) is 7.87. The number of anilines is 1. The van der Waals surface area contributed by atoms with E-state index in [1.807, 2.05) is 12.1 Å². The minimum atomic E-state index is -0.00567. The first kappa shape index (κ1) is 15.0. The first-order valence-electron chi connectivity index (χ1n) is 8.49. The van der Waals surface area contributed by atoms with Crippen molar-refractivity contribution in [1.82, 2.24) is 0 Å². The molecule has 1 aliphatic carbocycles. The number of rotatable bonds is 3. The lowest BCUT2D eigenvalue weighted by Gasteiger charge is -2.07. The smallest absolute Gasteiger partial charge is 0.228 e. The standard InChI is InChI=1S/C21H21NO2/c1-13-8-19-17(12-24-20(19)9-14(13)2)11-21(23)22-18-7-6-15-4-3-5-16(15)10-18/h6-10,12H,3-5,11H2,1-2H3,(H,22,23). The van der Waals surface area contributed by atoms with Crippen molar-refractivity contribution in [3.8, 4) is 0 Å². The van der Waals surface area contributed by atoms with Crippen molar-refractivity contribution in [3.63, 3.8) is 0 Å². The highest BCUT2D eigenvalue weighted by molar-refractivity contribution is 5.95. The van der Waals surface area contributed by atoms with Crippen molar-refractivity contribution in [2.75, 3.05) is 5.32 Å². The molecule has 0 spiro atoms. The summed E-state index contributed by atoms with van der Waals surface area (Å²) in [6, 6.07) is 10.4. The van der Waals surface area contributed by atoms with E-state index in [1.165, 1.54) is 28.7 Å². The molecule has 0 saturated carbocycles. The van der Waals surface area contributed by atoms with E-state index < -0.39 is 0 Å². The van der Waals surface area contributed by atoms with Crippen molar-refractivity contribution >= 4 is 22.6 Å². The third kappa shape index (κ3) is 2.71. The van der Waals surface area contributed by atoms with Crippen molar-refractivity contribution in [1.29, 1.82) is 0 Å². The van der Waals surface area contributed by atoms with Crippen LogP contribution >= 0.6 is 0 Å². The van der Waals surface area contributed by atoms with Gasteiger partial charge in [-0.05, 0) is 79.6 Å². The molecule has 0 radical (unpaired) electrons. The molecule has 1 N–H and O–H groups in total. The second-order valence-electron chi connectivity index (χ2n) is 6.76. The lowest BCUT2D eigenvalue weighted by atomic mass is 10.0. The maximum Gasteiger partial charge on any atom is 0.228 e. The highest BCUT2D eigenvalue weighted by atomic mass is 16.3. The van der Waals surface area contributed by atoms with E-state index in [0.717, 1.165) is 35.1 Å². The summed E-state index contributed by atoms with van der Waals surface area (Å²) in [6.07, 6.45) is 5.51. The van der Waals surface area contributed by atoms with Gasteiger partial charge in [0.25, 0.3) is 0 Å². The third-order valence-corrected chi connectivity index (χ3v) is 5.00. The van der Waals surface area contributed by atoms with E-state index >= 15 is 0 Å². The summed E-state index contributed by atoms with van der Waals surface area (Å²) >= 11 is 0. The molecular formula is C21H21NO2. The van der Waals surface area contributed by atoms with E-state index in [0.29, 0.717) is 6.42 Å². The Kier molecular flexibility index (Phi) is 3.64. The van der Waals surface area contributed by atoms with Crippen LogP contribution in [0.15, 0.2) is 41.0 Å². The third-order valence-electron chi connectivity index (χ3n) is 5.00. The van der Waals surface area contributed by atoms with Gasteiger partial charge in [0.05, 0.1) is 12.7 Å². The molecule has 2 aromatic carbocycles. The minimum absolute atomic E-state index is 0.00567. The van der Waals surface area contributed by atoms with Gasteiger partial charge in [0, 0.05) is 16.6 Å². The zero-order chi connectivity index (χ0) is 16.7. The Balaban J connectivity index is 1.53. The van der Waals surface area contributed by atoms with Crippen LogP contribution in [0, 0.1) is 13.8 Å². The molecule has 3 heteroatoms. The zero-order valence-electron chi connectivity index (χ0n) is 14.1. The highest BCUT2D eigenvalue weighted by Crippen LogP contribution is 2.27. The summed E-state index contributed by atoms with van der Waals surface area (Å²) in [6.45, 7) is 4.15. The molecule has 1 amide bonds. The number of carbonyl (C=O) groups excluding carboxylic acids is 1. The molecule has 3 aromatic rings. The summed E-state index contributed by atoms with van der Waals surface area (Å²) in [5.74, 6) is -0.00567. The summed E-state index contributed by atoms with van der Waals surface area (Å²) < 4.78 is 5.62. The quantitative estimate of drug-likeness (QED) is 0.759. The summed E-state index contributed by atoms with van der Waals surface area (Å²) in [7, 11) is 0. The maximum absolute atomic E-state index is 12.4. The van der Waals surface area contributed by atoms with Gasteiger partial charge in [-0.2, -0.15) is 0 Å². The average Bonchev–Trinajstić information content (AvgIpc) is 3.15. The molecule has 0 atom stereocenters. The molecule has 0 aliphatic heterocycles. The fourth-order valence-electron chi connectivity index (χ4n) is 3.50. The molecule has 0 saturated heterocycles. The Hall–Kier alpha value is -2.55. The Bertz CT molecular complexity index is 936. The normalized spacial score (nSPS) is 13.2. The van der Waals surface area contributed by atoms with Crippen LogP contribution in [-0.4, -0.2) is 5.91 Å². The monoisotopic (exact) mass is 319 g/mol. The Morgan fingerprint density at radius 2 is 1.88 bits per heavy atom. The van der Waals surface area contributed by atoms with Crippen LogP contribution in [0.3, 0.4) is 0 Å². The number of furan rings is 1. The number of amides is 1. The maximum atomic E-state index is 12.4. The van der Waals surface area contributed by atoms with Gasteiger partial charge in [0.1, 0.15) is 5.58 Å². The van der Waals surface area contributed by atoms with Crippen LogP contribution in [-0.2, 0) is 24.1 Å². The number of fused-ring (bicyclic) bond motifs is 2. The fraction of sp³-hybridized carbons (Fsp3) is 0.286. The highest BCUT2D eigenvalue weighted by Gasteiger charge is 2.14. The Labute approximate surface area is 141 Å². The van der Waals surface area contributed by atoms with Crippen LogP contribution in [0.4, 0.5) is 5.69 Å². The zero-order valence-corrected chi connectivity index (χ0v) is 14.1. The predicted octanol–water partition coefficient (Wildman–Crippen LogP) is 4.72. The molecule has 0 fully saturated rings. The van der Waals surface area contributed by atoms with E-state index in [-0.39, 0.29) is 5.91 Å². The molecule has 1 heterocycles. The largest absolute Gasteiger partial charge is 0.464 e. The molecule has 0 unspecified atom stereocenters. The second kappa shape index (κ2) is 5.82. The number of hydrogen-bond donors (Lipinski definition) is 1. The number of aryl methyl sites for hydroxylation is 4. The van der Waals surface area contributed by atoms with Gasteiger partial charge in [0.15, 0.2) is 0 Å². The van der Waals surface area contributed by atoms with Gasteiger partial charge in [-0.15, -0.1) is 0 Å². The number of benzene rings is 2. The van der Waals surface area contributed by atoms with Crippen LogP contribution in [0.5, 0.6) is 0 Å². The number of hydrogen-bond acceptors (Lipinski definition) is 2. The predicted molar refractivity (Wildman–Crippen MR) is 96.5 cm³/mol. The van der Waals surface area contributed by atoms with Crippen LogP contribution < -0.4 is 5.32 Å².